The predicted molar refractivity (Wildman–Crippen MR) is 81.0 cm³/mol. The topological polar surface area (TPSA) is 3.24 Å². The van der Waals surface area contributed by atoms with Gasteiger partial charge in [-0.05, 0) is 38.8 Å². The summed E-state index contributed by atoms with van der Waals surface area (Å²) in [7, 11) is 0. The largest absolute Gasteiger partial charge is 0.300 e. The number of unbranched alkanes of at least 4 members (excludes halogenated alkanes) is 5. The maximum atomic E-state index is 3.60. The minimum Gasteiger partial charge on any atom is -0.300 e. The highest BCUT2D eigenvalue weighted by Crippen LogP contribution is 2.21. The van der Waals surface area contributed by atoms with Gasteiger partial charge in [0, 0.05) is 11.4 Å². The molecular formula is C15H30BrN. The summed E-state index contributed by atoms with van der Waals surface area (Å²) in [6, 6.07) is 0.874. The molecule has 1 aliphatic heterocycles. The Balaban J connectivity index is 2.06. The van der Waals surface area contributed by atoms with Crippen LogP contribution in [0.1, 0.15) is 71.1 Å². The lowest BCUT2D eigenvalue weighted by Crippen LogP contribution is -2.40. The van der Waals surface area contributed by atoms with E-state index in [0.717, 1.165) is 6.04 Å². The number of likely N-dealkylation sites (tertiary alicyclic amines) is 1. The number of halogens is 1. The van der Waals surface area contributed by atoms with Crippen LogP contribution in [0.5, 0.6) is 0 Å². The third kappa shape index (κ3) is 6.81. The van der Waals surface area contributed by atoms with Crippen molar-refractivity contribution in [2.45, 2.75) is 77.2 Å². The van der Waals surface area contributed by atoms with Crippen LogP contribution in [0.15, 0.2) is 0 Å². The van der Waals surface area contributed by atoms with Gasteiger partial charge in [0.2, 0.25) is 0 Å². The second kappa shape index (κ2) is 10.4. The first-order chi connectivity index (χ1) is 8.38. The Morgan fingerprint density at radius 3 is 2.59 bits per heavy atom. The molecule has 1 atom stereocenters. The maximum Gasteiger partial charge on any atom is 0.0103 e. The van der Waals surface area contributed by atoms with Gasteiger partial charge < -0.3 is 4.90 Å². The van der Waals surface area contributed by atoms with E-state index < -0.39 is 0 Å². The van der Waals surface area contributed by atoms with Gasteiger partial charge in [-0.3, -0.25) is 0 Å². The monoisotopic (exact) mass is 303 g/mol. The highest BCUT2D eigenvalue weighted by Gasteiger charge is 2.20. The zero-order valence-corrected chi connectivity index (χ0v) is 13.2. The minimum absolute atomic E-state index is 0.874. The maximum absolute atomic E-state index is 3.60. The van der Waals surface area contributed by atoms with Crippen LogP contribution in [0.25, 0.3) is 0 Å². The fourth-order valence-corrected chi connectivity index (χ4v) is 3.43. The fraction of sp³-hybridized carbons (Fsp3) is 1.00. The van der Waals surface area contributed by atoms with Crippen molar-refractivity contribution >= 4 is 15.9 Å². The van der Waals surface area contributed by atoms with Gasteiger partial charge in [-0.2, -0.15) is 0 Å². The first-order valence-electron chi connectivity index (χ1n) is 7.68. The van der Waals surface area contributed by atoms with E-state index in [0.29, 0.717) is 0 Å². The molecule has 0 aliphatic carbocycles. The molecule has 2 heteroatoms. The van der Waals surface area contributed by atoms with E-state index in [9.17, 15) is 0 Å². The van der Waals surface area contributed by atoms with Crippen molar-refractivity contribution in [1.29, 1.82) is 0 Å². The molecule has 0 spiro atoms. The van der Waals surface area contributed by atoms with Gasteiger partial charge in [0.15, 0.2) is 0 Å². The minimum atomic E-state index is 0.874. The van der Waals surface area contributed by atoms with E-state index in [1.165, 1.54) is 82.6 Å². The van der Waals surface area contributed by atoms with Crippen molar-refractivity contribution < 1.29 is 0 Å². The summed E-state index contributed by atoms with van der Waals surface area (Å²) in [6.45, 7) is 5.00. The number of nitrogens with zero attached hydrogens (tertiary/aromatic N) is 1. The molecule has 1 heterocycles. The van der Waals surface area contributed by atoms with Crippen LogP contribution in [0.4, 0.5) is 0 Å². The molecule has 1 saturated heterocycles. The van der Waals surface area contributed by atoms with Crippen molar-refractivity contribution in [2.24, 2.45) is 0 Å². The van der Waals surface area contributed by atoms with E-state index >= 15 is 0 Å². The van der Waals surface area contributed by atoms with Crippen molar-refractivity contribution in [3.8, 4) is 0 Å². The van der Waals surface area contributed by atoms with Gasteiger partial charge in [0.05, 0.1) is 0 Å². The van der Waals surface area contributed by atoms with Gasteiger partial charge in [-0.15, -0.1) is 0 Å². The Morgan fingerprint density at radius 1 is 1.06 bits per heavy atom. The molecular weight excluding hydrogens is 274 g/mol. The molecule has 1 nitrogen and oxygen atoms in total. The van der Waals surface area contributed by atoms with Crippen molar-refractivity contribution in [3.05, 3.63) is 0 Å². The zero-order chi connectivity index (χ0) is 12.3. The molecule has 1 aliphatic rings. The Kier molecular flexibility index (Phi) is 9.45. The summed E-state index contributed by atoms with van der Waals surface area (Å²) in [6.07, 6.45) is 14.2. The summed E-state index contributed by atoms with van der Waals surface area (Å²) >= 11 is 3.60. The summed E-state index contributed by atoms with van der Waals surface area (Å²) in [5.74, 6) is 0. The second-order valence-electron chi connectivity index (χ2n) is 5.43. The molecule has 0 aromatic carbocycles. The van der Waals surface area contributed by atoms with Crippen molar-refractivity contribution in [2.75, 3.05) is 18.4 Å². The third-order valence-corrected chi connectivity index (χ3v) is 4.45. The van der Waals surface area contributed by atoms with Crippen LogP contribution in [0.2, 0.25) is 0 Å². The lowest BCUT2D eigenvalue weighted by atomic mass is 9.99. The molecule has 1 unspecified atom stereocenters. The SMILES string of the molecule is CCCCCCCCN1CCCCC1CCBr. The highest BCUT2D eigenvalue weighted by atomic mass is 79.9. The standard InChI is InChI=1S/C15H30BrN/c1-2-3-4-5-6-8-13-17-14-9-7-10-15(17)11-12-16/h15H,2-14H2,1H3. The van der Waals surface area contributed by atoms with Gasteiger partial charge in [0.1, 0.15) is 0 Å². The van der Waals surface area contributed by atoms with Crippen LogP contribution in [-0.4, -0.2) is 29.4 Å². The fourth-order valence-electron chi connectivity index (χ4n) is 2.90. The second-order valence-corrected chi connectivity index (χ2v) is 6.22. The number of hydrogen-bond donors (Lipinski definition) is 0. The third-order valence-electron chi connectivity index (χ3n) is 3.99. The van der Waals surface area contributed by atoms with Crippen LogP contribution in [0.3, 0.4) is 0 Å². The molecule has 0 N–H and O–H groups in total. The quantitative estimate of drug-likeness (QED) is 0.428. The van der Waals surface area contributed by atoms with Crippen LogP contribution < -0.4 is 0 Å². The average Bonchev–Trinajstić information content (AvgIpc) is 2.36. The van der Waals surface area contributed by atoms with Gasteiger partial charge in [-0.1, -0.05) is 61.4 Å². The molecule has 1 rings (SSSR count). The molecule has 0 aromatic heterocycles. The number of piperidine rings is 1. The molecule has 0 saturated carbocycles. The Bertz CT molecular complexity index is 170. The number of hydrogen-bond acceptors (Lipinski definition) is 1. The van der Waals surface area contributed by atoms with Crippen molar-refractivity contribution in [3.63, 3.8) is 0 Å². The molecule has 0 amide bonds. The molecule has 0 radical (unpaired) electrons. The number of alkyl halides is 1. The Morgan fingerprint density at radius 2 is 1.82 bits per heavy atom. The highest BCUT2D eigenvalue weighted by molar-refractivity contribution is 9.09. The smallest absolute Gasteiger partial charge is 0.0103 e. The van der Waals surface area contributed by atoms with Crippen molar-refractivity contribution in [1.82, 2.24) is 4.90 Å². The van der Waals surface area contributed by atoms with E-state index in [-0.39, 0.29) is 0 Å². The Labute approximate surface area is 116 Å². The Hall–Kier alpha value is 0.440. The lowest BCUT2D eigenvalue weighted by Gasteiger charge is -2.35. The summed E-state index contributed by atoms with van der Waals surface area (Å²) in [4.78, 5) is 2.75. The average molecular weight is 304 g/mol. The lowest BCUT2D eigenvalue weighted by molar-refractivity contribution is 0.142. The zero-order valence-electron chi connectivity index (χ0n) is 11.6. The first kappa shape index (κ1) is 15.5. The van der Waals surface area contributed by atoms with E-state index in [1.54, 1.807) is 0 Å². The van der Waals surface area contributed by atoms with E-state index in [2.05, 4.69) is 27.8 Å². The molecule has 0 bridgehead atoms. The normalized spacial score (nSPS) is 21.9. The summed E-state index contributed by atoms with van der Waals surface area (Å²) < 4.78 is 0. The molecule has 102 valence electrons. The predicted octanol–water partition coefficient (Wildman–Crippen LogP) is 4.99. The van der Waals surface area contributed by atoms with E-state index in [4.69, 9.17) is 0 Å². The van der Waals surface area contributed by atoms with Gasteiger partial charge in [0.25, 0.3) is 0 Å². The van der Waals surface area contributed by atoms with Gasteiger partial charge >= 0.3 is 0 Å². The van der Waals surface area contributed by atoms with Crippen LogP contribution >= 0.6 is 15.9 Å². The van der Waals surface area contributed by atoms with E-state index in [1.807, 2.05) is 0 Å². The van der Waals surface area contributed by atoms with Crippen LogP contribution in [0, 0.1) is 0 Å². The molecule has 17 heavy (non-hydrogen) atoms. The summed E-state index contributed by atoms with van der Waals surface area (Å²) in [5, 5.41) is 1.17. The molecule has 0 aromatic rings. The van der Waals surface area contributed by atoms with Gasteiger partial charge in [-0.25, -0.2) is 0 Å². The number of rotatable bonds is 9. The summed E-state index contributed by atoms with van der Waals surface area (Å²) in [5.41, 5.74) is 0. The first-order valence-corrected chi connectivity index (χ1v) is 8.80. The molecule has 1 fully saturated rings. The van der Waals surface area contributed by atoms with Crippen LogP contribution in [-0.2, 0) is 0 Å².